The van der Waals surface area contributed by atoms with Crippen LogP contribution in [0.1, 0.15) is 29.6 Å². The van der Waals surface area contributed by atoms with E-state index in [0.29, 0.717) is 5.56 Å². The maximum atomic E-state index is 10.8. The Balaban J connectivity index is 1.67. The number of hydrogen-bond donors (Lipinski definition) is 0. The quantitative estimate of drug-likeness (QED) is 0.796. The molecule has 2 unspecified atom stereocenters. The first-order valence-electron chi connectivity index (χ1n) is 6.73. The second-order valence-electron chi connectivity index (χ2n) is 5.26. The molecule has 0 aliphatic carbocycles. The molecule has 0 bridgehead atoms. The molecule has 19 heavy (non-hydrogen) atoms. The lowest BCUT2D eigenvalue weighted by Gasteiger charge is -2.37. The molecular weight excluding hydrogens is 260 g/mol. The van der Waals surface area contributed by atoms with Gasteiger partial charge in [0, 0.05) is 24.2 Å². The van der Waals surface area contributed by atoms with Gasteiger partial charge in [-0.05, 0) is 24.3 Å². The van der Waals surface area contributed by atoms with Crippen molar-refractivity contribution in [2.45, 2.75) is 31.0 Å². The van der Waals surface area contributed by atoms with Crippen molar-refractivity contribution >= 4 is 18.0 Å². The van der Waals surface area contributed by atoms with Crippen LogP contribution in [0.15, 0.2) is 24.3 Å². The van der Waals surface area contributed by atoms with Gasteiger partial charge >= 0.3 is 0 Å². The summed E-state index contributed by atoms with van der Waals surface area (Å²) in [5.74, 6) is 3.06. The fraction of sp³-hybridized carbons (Fsp3) is 0.533. The predicted molar refractivity (Wildman–Crippen MR) is 76.1 cm³/mol. The molecule has 0 radical (unpaired) electrons. The lowest BCUT2D eigenvalue weighted by Crippen LogP contribution is -2.43. The van der Waals surface area contributed by atoms with Crippen LogP contribution in [0.25, 0.3) is 0 Å². The Morgan fingerprint density at radius 3 is 3.21 bits per heavy atom. The average Bonchev–Trinajstić information content (AvgIpc) is 2.87. The number of carbonyl (C=O) groups is 1. The molecular formula is C15H18O3S. The van der Waals surface area contributed by atoms with Crippen LogP contribution in [-0.4, -0.2) is 36.1 Å². The van der Waals surface area contributed by atoms with Crippen molar-refractivity contribution in [1.82, 2.24) is 0 Å². The minimum absolute atomic E-state index is 0.0376. The van der Waals surface area contributed by atoms with Crippen molar-refractivity contribution in [3.63, 3.8) is 0 Å². The Kier molecular flexibility index (Phi) is 3.80. The third kappa shape index (κ3) is 2.95. The molecule has 2 atom stereocenters. The van der Waals surface area contributed by atoms with Gasteiger partial charge in [0.2, 0.25) is 0 Å². The maximum Gasteiger partial charge on any atom is 0.150 e. The zero-order chi connectivity index (χ0) is 13.1. The van der Waals surface area contributed by atoms with Crippen LogP contribution in [0.5, 0.6) is 5.75 Å². The molecule has 2 aliphatic heterocycles. The van der Waals surface area contributed by atoms with E-state index in [2.05, 4.69) is 0 Å². The monoisotopic (exact) mass is 278 g/mol. The molecule has 0 saturated carbocycles. The van der Waals surface area contributed by atoms with Crippen molar-refractivity contribution in [2.75, 3.05) is 18.1 Å². The third-order valence-electron chi connectivity index (χ3n) is 3.81. The predicted octanol–water partition coefficient (Wildman–Crippen LogP) is 2.93. The highest BCUT2D eigenvalue weighted by Crippen LogP contribution is 2.39. The van der Waals surface area contributed by atoms with Crippen molar-refractivity contribution in [3.05, 3.63) is 29.8 Å². The molecule has 0 aromatic heterocycles. The van der Waals surface area contributed by atoms with Gasteiger partial charge < -0.3 is 9.47 Å². The molecule has 102 valence electrons. The first-order valence-corrected chi connectivity index (χ1v) is 7.89. The number of hydrogen-bond acceptors (Lipinski definition) is 4. The summed E-state index contributed by atoms with van der Waals surface area (Å²) in [6.45, 7) is 0.776. The molecule has 1 aromatic rings. The second-order valence-corrected chi connectivity index (χ2v) is 6.36. The Bertz CT molecular complexity index is 454. The van der Waals surface area contributed by atoms with Gasteiger partial charge in [0.1, 0.15) is 18.1 Å². The van der Waals surface area contributed by atoms with E-state index in [1.165, 1.54) is 5.75 Å². The normalized spacial score (nSPS) is 30.4. The molecule has 3 nitrogen and oxygen atoms in total. The molecule has 2 saturated heterocycles. The zero-order valence-corrected chi connectivity index (χ0v) is 11.7. The molecule has 4 heteroatoms. The van der Waals surface area contributed by atoms with E-state index >= 15 is 0 Å². The highest BCUT2D eigenvalue weighted by Gasteiger charge is 2.41. The fourth-order valence-corrected chi connectivity index (χ4v) is 4.18. The zero-order valence-electron chi connectivity index (χ0n) is 10.8. The van der Waals surface area contributed by atoms with Gasteiger partial charge in [0.25, 0.3) is 0 Å². The van der Waals surface area contributed by atoms with E-state index < -0.39 is 0 Å². The number of aldehydes is 1. The van der Waals surface area contributed by atoms with Gasteiger partial charge in [0.15, 0.2) is 0 Å². The van der Waals surface area contributed by atoms with Crippen LogP contribution in [0.3, 0.4) is 0 Å². The van der Waals surface area contributed by atoms with Crippen molar-refractivity contribution in [3.8, 4) is 5.75 Å². The molecule has 2 aliphatic rings. The third-order valence-corrected chi connectivity index (χ3v) is 5.03. The molecule has 3 rings (SSSR count). The summed E-state index contributed by atoms with van der Waals surface area (Å²) >= 11 is 1.97. The van der Waals surface area contributed by atoms with E-state index in [4.69, 9.17) is 9.47 Å². The van der Waals surface area contributed by atoms with Crippen molar-refractivity contribution in [2.24, 2.45) is 0 Å². The summed E-state index contributed by atoms with van der Waals surface area (Å²) < 4.78 is 12.0. The second kappa shape index (κ2) is 5.55. The van der Waals surface area contributed by atoms with E-state index in [-0.39, 0.29) is 11.7 Å². The Hall–Kier alpha value is -1.00. The molecule has 1 spiro atoms. The molecule has 0 amide bonds. The van der Waals surface area contributed by atoms with Gasteiger partial charge in [0.05, 0.1) is 12.2 Å². The first-order chi connectivity index (χ1) is 9.30. The highest BCUT2D eigenvalue weighted by molar-refractivity contribution is 7.99. The number of carbonyl (C=O) groups excluding carboxylic acids is 1. The lowest BCUT2D eigenvalue weighted by atomic mass is 9.91. The van der Waals surface area contributed by atoms with Crippen LogP contribution >= 0.6 is 11.8 Å². The molecule has 2 heterocycles. The summed E-state index contributed by atoms with van der Waals surface area (Å²) in [6, 6.07) is 7.37. The molecule has 2 fully saturated rings. The summed E-state index contributed by atoms with van der Waals surface area (Å²) in [5.41, 5.74) is 0.700. The minimum Gasteiger partial charge on any atom is -0.490 e. The van der Waals surface area contributed by atoms with Gasteiger partial charge in [-0.15, -0.1) is 0 Å². The minimum atomic E-state index is 0.0376. The number of ether oxygens (including phenoxy) is 2. The van der Waals surface area contributed by atoms with E-state index in [0.717, 1.165) is 43.7 Å². The SMILES string of the molecule is O=Cc1cccc(OC2CCOC3(CCSC3)C2)c1. The Labute approximate surface area is 117 Å². The summed E-state index contributed by atoms with van der Waals surface area (Å²) in [4.78, 5) is 10.8. The lowest BCUT2D eigenvalue weighted by molar-refractivity contribution is -0.0959. The summed E-state index contributed by atoms with van der Waals surface area (Å²) in [5, 5.41) is 0. The topological polar surface area (TPSA) is 35.5 Å². The van der Waals surface area contributed by atoms with Gasteiger partial charge in [-0.25, -0.2) is 0 Å². The molecule has 1 aromatic carbocycles. The number of rotatable bonds is 3. The Morgan fingerprint density at radius 1 is 1.47 bits per heavy atom. The van der Waals surface area contributed by atoms with Crippen LogP contribution in [0.4, 0.5) is 0 Å². The van der Waals surface area contributed by atoms with Gasteiger partial charge in [-0.1, -0.05) is 12.1 Å². The summed E-state index contributed by atoms with van der Waals surface area (Å²) in [6.07, 6.45) is 4.08. The van der Waals surface area contributed by atoms with Crippen molar-refractivity contribution < 1.29 is 14.3 Å². The standard InChI is InChI=1S/C15H18O3S/c16-10-12-2-1-3-13(8-12)18-14-4-6-17-15(9-14)5-7-19-11-15/h1-3,8,10,14H,4-7,9,11H2. The smallest absolute Gasteiger partial charge is 0.150 e. The fourth-order valence-electron chi connectivity index (χ4n) is 2.80. The van der Waals surface area contributed by atoms with Crippen molar-refractivity contribution in [1.29, 1.82) is 0 Å². The highest BCUT2D eigenvalue weighted by atomic mass is 32.2. The van der Waals surface area contributed by atoms with Crippen LogP contribution in [0.2, 0.25) is 0 Å². The van der Waals surface area contributed by atoms with Gasteiger partial charge in [-0.2, -0.15) is 11.8 Å². The van der Waals surface area contributed by atoms with Crippen LogP contribution < -0.4 is 4.74 Å². The first kappa shape index (κ1) is 13.0. The van der Waals surface area contributed by atoms with Crippen LogP contribution in [0, 0.1) is 0 Å². The van der Waals surface area contributed by atoms with E-state index in [1.807, 2.05) is 23.9 Å². The largest absolute Gasteiger partial charge is 0.490 e. The maximum absolute atomic E-state index is 10.8. The summed E-state index contributed by atoms with van der Waals surface area (Å²) in [7, 11) is 0. The van der Waals surface area contributed by atoms with E-state index in [9.17, 15) is 4.79 Å². The number of thioether (sulfide) groups is 1. The van der Waals surface area contributed by atoms with Crippen LogP contribution in [-0.2, 0) is 4.74 Å². The average molecular weight is 278 g/mol. The van der Waals surface area contributed by atoms with E-state index in [1.54, 1.807) is 12.1 Å². The number of benzene rings is 1. The molecule has 0 N–H and O–H groups in total. The van der Waals surface area contributed by atoms with Gasteiger partial charge in [-0.3, -0.25) is 4.79 Å². The Morgan fingerprint density at radius 2 is 2.42 bits per heavy atom.